The van der Waals surface area contributed by atoms with Crippen LogP contribution >= 0.6 is 23.8 Å². The summed E-state index contributed by atoms with van der Waals surface area (Å²) in [5.41, 5.74) is 6.02. The molecule has 0 spiro atoms. The topological polar surface area (TPSA) is 40.3 Å². The van der Waals surface area contributed by atoms with Crippen molar-refractivity contribution in [2.75, 3.05) is 31.6 Å². The number of nitrogens with zero attached hydrogens (tertiary/aromatic N) is 1. The van der Waals surface area contributed by atoms with Crippen molar-refractivity contribution < 1.29 is 4.74 Å². The van der Waals surface area contributed by atoms with Gasteiger partial charge in [0.1, 0.15) is 0 Å². The third kappa shape index (κ3) is 3.10. The van der Waals surface area contributed by atoms with Gasteiger partial charge in [0.05, 0.1) is 29.9 Å². The third-order valence-electron chi connectivity index (χ3n) is 4.23. The average Bonchev–Trinajstić information content (AvgIpc) is 3.00. The first-order valence-corrected chi connectivity index (χ1v) is 9.35. The number of fused-ring (bicyclic) bond motifs is 3. The molecule has 0 aliphatic carbocycles. The van der Waals surface area contributed by atoms with Gasteiger partial charge >= 0.3 is 0 Å². The number of thiol groups is 1. The third-order valence-corrected chi connectivity index (χ3v) is 5.49. The van der Waals surface area contributed by atoms with E-state index in [0.717, 1.165) is 43.0 Å². The van der Waals surface area contributed by atoms with Crippen LogP contribution < -0.4 is 5.32 Å². The van der Waals surface area contributed by atoms with Gasteiger partial charge in [-0.05, 0) is 23.1 Å². The van der Waals surface area contributed by atoms with Gasteiger partial charge in [-0.1, -0.05) is 36.5 Å². The number of anilines is 1. The van der Waals surface area contributed by atoms with Gasteiger partial charge in [0.2, 0.25) is 0 Å². The van der Waals surface area contributed by atoms with Gasteiger partial charge in [0.25, 0.3) is 0 Å². The SMILES string of the molecule is S=CNc1cccc2c1[nH]c1cc(C=[SH]N3CCOCC3)ccc12. The molecule has 1 aliphatic heterocycles. The molecule has 0 unspecified atom stereocenters. The van der Waals surface area contributed by atoms with Crippen LogP contribution in [0.2, 0.25) is 0 Å². The first-order chi connectivity index (χ1) is 11.8. The summed E-state index contributed by atoms with van der Waals surface area (Å²) in [7, 11) is 0. The molecule has 6 heteroatoms. The fraction of sp³-hybridized carbons (Fsp3) is 0.222. The second-order valence-corrected chi connectivity index (χ2v) is 7.02. The Morgan fingerprint density at radius 2 is 2.04 bits per heavy atom. The highest BCUT2D eigenvalue weighted by molar-refractivity contribution is 7.95. The lowest BCUT2D eigenvalue weighted by atomic mass is 10.1. The van der Waals surface area contributed by atoms with Gasteiger partial charge < -0.3 is 15.0 Å². The van der Waals surface area contributed by atoms with Crippen LogP contribution in [0.5, 0.6) is 0 Å². The molecule has 24 heavy (non-hydrogen) atoms. The van der Waals surface area contributed by atoms with Crippen LogP contribution in [0.4, 0.5) is 5.69 Å². The maximum atomic E-state index is 5.39. The van der Waals surface area contributed by atoms with Gasteiger partial charge in [-0.15, -0.1) is 11.5 Å². The molecule has 4 nitrogen and oxygen atoms in total. The number of nitrogens with one attached hydrogen (secondary N) is 2. The fourth-order valence-corrected chi connectivity index (χ4v) is 4.01. The number of hydrogen-bond donors (Lipinski definition) is 3. The van der Waals surface area contributed by atoms with E-state index in [9.17, 15) is 0 Å². The van der Waals surface area contributed by atoms with Crippen LogP contribution in [0, 0.1) is 0 Å². The van der Waals surface area contributed by atoms with E-state index in [0.29, 0.717) is 0 Å². The van der Waals surface area contributed by atoms with Crippen LogP contribution in [-0.4, -0.2) is 46.5 Å². The molecule has 0 saturated carbocycles. The minimum Gasteiger partial charge on any atom is -0.379 e. The molecule has 0 radical (unpaired) electrons. The number of benzene rings is 2. The monoisotopic (exact) mass is 357 g/mol. The number of para-hydroxylation sites is 1. The van der Waals surface area contributed by atoms with E-state index in [4.69, 9.17) is 17.0 Å². The highest BCUT2D eigenvalue weighted by atomic mass is 32.1. The Hall–Kier alpha value is -1.73. The summed E-state index contributed by atoms with van der Waals surface area (Å²) in [5.74, 6) is 0. The van der Waals surface area contributed by atoms with Crippen molar-refractivity contribution in [3.63, 3.8) is 0 Å². The zero-order valence-corrected chi connectivity index (χ0v) is 14.9. The van der Waals surface area contributed by atoms with Crippen molar-refractivity contribution >= 4 is 62.1 Å². The second-order valence-electron chi connectivity index (χ2n) is 5.73. The number of aromatic amines is 1. The fourth-order valence-electron chi connectivity index (χ4n) is 3.03. The lowest BCUT2D eigenvalue weighted by Gasteiger charge is -2.22. The molecule has 0 amide bonds. The number of H-pyrrole nitrogens is 1. The Balaban J connectivity index is 1.70. The second kappa shape index (κ2) is 7.03. The van der Waals surface area contributed by atoms with Gasteiger partial charge in [-0.2, -0.15) is 0 Å². The number of hydrogen-bond acceptors (Lipinski definition) is 3. The standard InChI is InChI=1S/C18H19N3OS2/c23-12-19-16-3-1-2-15-14-5-4-13(10-17(14)20-18(15)16)11-24-21-6-8-22-9-7-21/h1-5,10-12,20,24H,6-9H2,(H,19,23). The van der Waals surface area contributed by atoms with E-state index in [-0.39, 0.29) is 0 Å². The summed E-state index contributed by atoms with van der Waals surface area (Å²) in [6.07, 6.45) is 0. The van der Waals surface area contributed by atoms with Crippen LogP contribution in [0.3, 0.4) is 0 Å². The van der Waals surface area contributed by atoms with Crippen molar-refractivity contribution in [1.82, 2.24) is 9.29 Å². The number of morpholine rings is 1. The molecular weight excluding hydrogens is 338 g/mol. The summed E-state index contributed by atoms with van der Waals surface area (Å²) >= 11 is 6.16. The minimum atomic E-state index is 0.831. The average molecular weight is 358 g/mol. The zero-order valence-electron chi connectivity index (χ0n) is 13.2. The van der Waals surface area contributed by atoms with E-state index in [1.54, 1.807) is 5.49 Å². The predicted octanol–water partition coefficient (Wildman–Crippen LogP) is 3.55. The molecule has 2 heterocycles. The Bertz CT molecular complexity index is 913. The molecule has 1 saturated heterocycles. The normalized spacial score (nSPS) is 16.5. The molecular formula is C18H19N3OS2. The Morgan fingerprint density at radius 3 is 2.88 bits per heavy atom. The minimum absolute atomic E-state index is 0.831. The van der Waals surface area contributed by atoms with Crippen molar-refractivity contribution in [1.29, 1.82) is 0 Å². The number of ether oxygens (including phenoxy) is 1. The highest BCUT2D eigenvalue weighted by Crippen LogP contribution is 2.30. The zero-order chi connectivity index (χ0) is 16.4. The molecule has 0 atom stereocenters. The van der Waals surface area contributed by atoms with Crippen molar-refractivity contribution in [2.45, 2.75) is 0 Å². The van der Waals surface area contributed by atoms with Crippen LogP contribution in [0.1, 0.15) is 5.56 Å². The molecule has 2 aromatic carbocycles. The van der Waals surface area contributed by atoms with Gasteiger partial charge in [-0.25, -0.2) is 0 Å². The van der Waals surface area contributed by atoms with Crippen LogP contribution in [0.25, 0.3) is 21.8 Å². The first kappa shape index (κ1) is 15.8. The van der Waals surface area contributed by atoms with Crippen molar-refractivity contribution in [2.24, 2.45) is 0 Å². The van der Waals surface area contributed by atoms with Crippen molar-refractivity contribution in [3.05, 3.63) is 42.0 Å². The molecule has 1 fully saturated rings. The molecule has 3 aromatic rings. The Morgan fingerprint density at radius 1 is 1.17 bits per heavy atom. The van der Waals surface area contributed by atoms with E-state index >= 15 is 0 Å². The largest absolute Gasteiger partial charge is 0.379 e. The molecule has 2 N–H and O–H groups in total. The summed E-state index contributed by atoms with van der Waals surface area (Å²) in [4.78, 5) is 3.52. The lowest BCUT2D eigenvalue weighted by Crippen LogP contribution is -2.29. The summed E-state index contributed by atoms with van der Waals surface area (Å²) in [6.45, 7) is 3.66. The molecule has 124 valence electrons. The maximum absolute atomic E-state index is 5.39. The number of aromatic nitrogens is 1. The van der Waals surface area contributed by atoms with E-state index in [1.807, 2.05) is 12.1 Å². The number of thiocarbonyl (C=S) groups is 1. The summed E-state index contributed by atoms with van der Waals surface area (Å²) < 4.78 is 7.78. The molecule has 4 rings (SSSR count). The van der Waals surface area contributed by atoms with Gasteiger partial charge in [0.15, 0.2) is 0 Å². The molecule has 0 bridgehead atoms. The van der Waals surface area contributed by atoms with E-state index < -0.39 is 0 Å². The maximum Gasteiger partial charge on any atom is 0.0704 e. The van der Waals surface area contributed by atoms with Gasteiger partial charge in [0, 0.05) is 29.4 Å². The van der Waals surface area contributed by atoms with Crippen LogP contribution in [-0.2, 0) is 4.74 Å². The Kier molecular flexibility index (Phi) is 4.62. The van der Waals surface area contributed by atoms with Gasteiger partial charge in [-0.3, -0.25) is 4.31 Å². The first-order valence-electron chi connectivity index (χ1n) is 7.96. The van der Waals surface area contributed by atoms with E-state index in [1.165, 1.54) is 27.9 Å². The highest BCUT2D eigenvalue weighted by Gasteiger charge is 2.08. The lowest BCUT2D eigenvalue weighted by molar-refractivity contribution is 0.0780. The summed E-state index contributed by atoms with van der Waals surface area (Å²) in [5, 5.41) is 7.83. The van der Waals surface area contributed by atoms with E-state index in [2.05, 4.69) is 44.2 Å². The van der Waals surface area contributed by atoms with Crippen LogP contribution in [0.15, 0.2) is 36.4 Å². The van der Waals surface area contributed by atoms with Crippen molar-refractivity contribution in [3.8, 4) is 0 Å². The Labute approximate surface area is 149 Å². The molecule has 1 aromatic heterocycles. The quantitative estimate of drug-likeness (QED) is 0.493. The molecule has 1 aliphatic rings. The smallest absolute Gasteiger partial charge is 0.0704 e. The predicted molar refractivity (Wildman–Crippen MR) is 110 cm³/mol. The number of rotatable bonds is 4. The summed E-state index contributed by atoms with van der Waals surface area (Å²) in [6, 6.07) is 12.8.